The van der Waals surface area contributed by atoms with Crippen LogP contribution in [-0.4, -0.2) is 71.6 Å². The smallest absolute Gasteiger partial charge is 0.408 e. The fraction of sp³-hybridized carbons (Fsp3) is 0.824. The standard InChI is InChI=1S/C11H20N2O3.C6H12N2O/c1-5-13-7-6-8(9(13)14)12-10(15)16-11(2,3)4;1-2-8-4-3-5(7)6(8)9/h8H,5-7H2,1-4H3,(H,12,15);5H,2-4,7H2,1H3/t8-;5-/m00/s1. The van der Waals surface area contributed by atoms with E-state index < -0.39 is 17.7 Å². The maximum atomic E-state index is 11.7. The van der Waals surface area contributed by atoms with E-state index in [-0.39, 0.29) is 17.9 Å². The van der Waals surface area contributed by atoms with Gasteiger partial charge in [0.2, 0.25) is 11.8 Å². The summed E-state index contributed by atoms with van der Waals surface area (Å²) >= 11 is 0. The van der Waals surface area contributed by atoms with E-state index in [4.69, 9.17) is 10.5 Å². The van der Waals surface area contributed by atoms with Gasteiger partial charge in [-0.15, -0.1) is 0 Å². The number of hydrogen-bond donors (Lipinski definition) is 2. The Hall–Kier alpha value is -1.83. The summed E-state index contributed by atoms with van der Waals surface area (Å²) in [6.45, 7) is 12.3. The molecular formula is C17H32N4O4. The molecule has 8 nitrogen and oxygen atoms in total. The second-order valence-electron chi connectivity index (χ2n) is 7.22. The summed E-state index contributed by atoms with van der Waals surface area (Å²) in [4.78, 5) is 37.6. The summed E-state index contributed by atoms with van der Waals surface area (Å²) in [5.74, 6) is 0.0888. The molecular weight excluding hydrogens is 324 g/mol. The molecule has 2 heterocycles. The highest BCUT2D eigenvalue weighted by molar-refractivity contribution is 5.87. The molecule has 25 heavy (non-hydrogen) atoms. The van der Waals surface area contributed by atoms with Crippen molar-refractivity contribution in [1.29, 1.82) is 0 Å². The Bertz CT molecular complexity index is 490. The van der Waals surface area contributed by atoms with Gasteiger partial charge in [0.1, 0.15) is 11.6 Å². The van der Waals surface area contributed by atoms with Gasteiger partial charge in [0, 0.05) is 26.2 Å². The van der Waals surface area contributed by atoms with Crippen LogP contribution in [0.5, 0.6) is 0 Å². The van der Waals surface area contributed by atoms with Crippen molar-refractivity contribution >= 4 is 17.9 Å². The number of likely N-dealkylation sites (tertiary alicyclic amines) is 2. The van der Waals surface area contributed by atoms with E-state index >= 15 is 0 Å². The van der Waals surface area contributed by atoms with Crippen LogP contribution in [0.25, 0.3) is 0 Å². The summed E-state index contributed by atoms with van der Waals surface area (Å²) in [7, 11) is 0. The number of nitrogens with zero attached hydrogens (tertiary/aromatic N) is 2. The normalized spacial score (nSPS) is 23.4. The minimum atomic E-state index is -0.532. The van der Waals surface area contributed by atoms with Gasteiger partial charge in [-0.3, -0.25) is 9.59 Å². The van der Waals surface area contributed by atoms with Crippen LogP contribution in [0, 0.1) is 0 Å². The number of carbonyl (C=O) groups is 3. The van der Waals surface area contributed by atoms with Gasteiger partial charge in [-0.2, -0.15) is 0 Å². The number of rotatable bonds is 3. The van der Waals surface area contributed by atoms with Gasteiger partial charge in [0.25, 0.3) is 0 Å². The molecule has 0 spiro atoms. The highest BCUT2D eigenvalue weighted by atomic mass is 16.6. The molecule has 0 aliphatic carbocycles. The van der Waals surface area contributed by atoms with Crippen molar-refractivity contribution in [3.63, 3.8) is 0 Å². The van der Waals surface area contributed by atoms with E-state index in [9.17, 15) is 14.4 Å². The van der Waals surface area contributed by atoms with Crippen LogP contribution < -0.4 is 11.1 Å². The molecule has 0 saturated carbocycles. The average Bonchev–Trinajstić information content (AvgIpc) is 3.02. The molecule has 2 saturated heterocycles. The van der Waals surface area contributed by atoms with Gasteiger partial charge in [0.15, 0.2) is 0 Å². The predicted molar refractivity (Wildman–Crippen MR) is 94.9 cm³/mol. The fourth-order valence-electron chi connectivity index (χ4n) is 2.71. The van der Waals surface area contributed by atoms with Gasteiger partial charge in [-0.25, -0.2) is 4.79 Å². The van der Waals surface area contributed by atoms with Crippen LogP contribution in [0.15, 0.2) is 0 Å². The Labute approximate surface area is 150 Å². The zero-order chi connectivity index (χ0) is 19.2. The lowest BCUT2D eigenvalue weighted by Gasteiger charge is -2.21. The van der Waals surface area contributed by atoms with E-state index in [1.807, 2.05) is 13.8 Å². The van der Waals surface area contributed by atoms with Gasteiger partial charge in [0.05, 0.1) is 6.04 Å². The summed E-state index contributed by atoms with van der Waals surface area (Å²) in [5, 5.41) is 2.60. The molecule has 0 aromatic rings. The maximum Gasteiger partial charge on any atom is 0.408 e. The van der Waals surface area contributed by atoms with Gasteiger partial charge in [-0.1, -0.05) is 0 Å². The third-order valence-corrected chi connectivity index (χ3v) is 4.09. The quantitative estimate of drug-likeness (QED) is 0.774. The maximum absolute atomic E-state index is 11.7. The van der Waals surface area contributed by atoms with E-state index in [2.05, 4.69) is 5.32 Å². The Kier molecular flexibility index (Phi) is 7.66. The van der Waals surface area contributed by atoms with Gasteiger partial charge >= 0.3 is 6.09 Å². The third-order valence-electron chi connectivity index (χ3n) is 4.09. The van der Waals surface area contributed by atoms with E-state index in [0.29, 0.717) is 19.5 Å². The van der Waals surface area contributed by atoms with Crippen molar-refractivity contribution in [2.24, 2.45) is 5.73 Å². The fourth-order valence-corrected chi connectivity index (χ4v) is 2.71. The number of nitrogens with two attached hydrogens (primary N) is 1. The average molecular weight is 356 g/mol. The number of carbonyl (C=O) groups excluding carboxylic acids is 3. The van der Waals surface area contributed by atoms with E-state index in [0.717, 1.165) is 19.5 Å². The molecule has 0 bridgehead atoms. The van der Waals surface area contributed by atoms with Gasteiger partial charge < -0.3 is 25.6 Å². The number of likely N-dealkylation sites (N-methyl/N-ethyl adjacent to an activating group) is 2. The largest absolute Gasteiger partial charge is 0.444 e. The topological polar surface area (TPSA) is 105 Å². The molecule has 2 aliphatic heterocycles. The number of nitrogens with one attached hydrogen (secondary N) is 1. The van der Waals surface area contributed by atoms with Crippen LogP contribution in [0.3, 0.4) is 0 Å². The van der Waals surface area contributed by atoms with E-state index in [1.54, 1.807) is 30.6 Å². The van der Waals surface area contributed by atoms with Crippen molar-refractivity contribution in [3.05, 3.63) is 0 Å². The molecule has 2 aliphatic rings. The van der Waals surface area contributed by atoms with Crippen molar-refractivity contribution < 1.29 is 19.1 Å². The second kappa shape index (κ2) is 9.03. The molecule has 0 aromatic heterocycles. The Morgan fingerprint density at radius 1 is 1.12 bits per heavy atom. The zero-order valence-corrected chi connectivity index (χ0v) is 16.0. The molecule has 3 N–H and O–H groups in total. The molecule has 2 atom stereocenters. The molecule has 0 radical (unpaired) electrons. The summed E-state index contributed by atoms with van der Waals surface area (Å²) in [6.07, 6.45) is 0.960. The van der Waals surface area contributed by atoms with E-state index in [1.165, 1.54) is 0 Å². The lowest BCUT2D eigenvalue weighted by molar-refractivity contribution is -0.129. The van der Waals surface area contributed by atoms with Crippen molar-refractivity contribution in [1.82, 2.24) is 15.1 Å². The molecule has 2 fully saturated rings. The van der Waals surface area contributed by atoms with Crippen LogP contribution in [0.1, 0.15) is 47.5 Å². The van der Waals surface area contributed by atoms with Crippen LogP contribution in [0.2, 0.25) is 0 Å². The number of ether oxygens (including phenoxy) is 1. The molecule has 0 unspecified atom stereocenters. The predicted octanol–water partition coefficient (Wildman–Crippen LogP) is 0.698. The minimum absolute atomic E-state index is 0.0200. The second-order valence-corrected chi connectivity index (χ2v) is 7.22. The Morgan fingerprint density at radius 3 is 2.00 bits per heavy atom. The number of alkyl carbamates (subject to hydrolysis) is 1. The molecule has 144 valence electrons. The number of amides is 3. The summed E-state index contributed by atoms with van der Waals surface area (Å²) in [6, 6.07) is -0.639. The van der Waals surface area contributed by atoms with Crippen molar-refractivity contribution in [2.75, 3.05) is 26.2 Å². The van der Waals surface area contributed by atoms with Crippen LogP contribution in [0.4, 0.5) is 4.79 Å². The van der Waals surface area contributed by atoms with Crippen molar-refractivity contribution in [3.8, 4) is 0 Å². The zero-order valence-electron chi connectivity index (χ0n) is 16.0. The lowest BCUT2D eigenvalue weighted by atomic mass is 10.2. The molecule has 8 heteroatoms. The first-order valence-electron chi connectivity index (χ1n) is 8.91. The monoisotopic (exact) mass is 356 g/mol. The lowest BCUT2D eigenvalue weighted by Crippen LogP contribution is -2.43. The summed E-state index contributed by atoms with van der Waals surface area (Å²) < 4.78 is 5.10. The molecule has 2 rings (SSSR count). The minimum Gasteiger partial charge on any atom is -0.444 e. The van der Waals surface area contributed by atoms with Crippen LogP contribution in [-0.2, 0) is 14.3 Å². The molecule has 0 aromatic carbocycles. The molecule has 3 amide bonds. The van der Waals surface area contributed by atoms with Crippen molar-refractivity contribution in [2.45, 2.75) is 65.1 Å². The first-order valence-corrected chi connectivity index (χ1v) is 8.91. The van der Waals surface area contributed by atoms with Gasteiger partial charge in [-0.05, 0) is 47.5 Å². The highest BCUT2D eigenvalue weighted by Gasteiger charge is 2.32. The highest BCUT2D eigenvalue weighted by Crippen LogP contribution is 2.12. The first-order chi connectivity index (χ1) is 11.6. The third kappa shape index (κ3) is 6.53. The Morgan fingerprint density at radius 2 is 1.64 bits per heavy atom. The number of hydrogen-bond acceptors (Lipinski definition) is 5. The van der Waals surface area contributed by atoms with Crippen LogP contribution >= 0.6 is 0 Å². The first kappa shape index (κ1) is 21.2. The summed E-state index contributed by atoms with van der Waals surface area (Å²) in [5.41, 5.74) is 4.92. The SMILES string of the molecule is CCN1CC[C@H](N)C1=O.CCN1CC[C@H](NC(=O)OC(C)(C)C)C1=O. The Balaban J connectivity index is 0.000000293.